The molecule has 1 amide bonds. The molecule has 0 aromatic rings. The molecule has 0 spiro atoms. The van der Waals surface area contributed by atoms with E-state index in [1.807, 2.05) is 25.8 Å². The second-order valence-electron chi connectivity index (χ2n) is 6.02. The molecule has 0 atom stereocenters. The average Bonchev–Trinajstić information content (AvgIpc) is 2.35. The van der Waals surface area contributed by atoms with Crippen molar-refractivity contribution in [1.29, 1.82) is 0 Å². The van der Waals surface area contributed by atoms with E-state index in [-0.39, 0.29) is 11.3 Å². The van der Waals surface area contributed by atoms with E-state index in [2.05, 4.69) is 25.1 Å². The van der Waals surface area contributed by atoms with Gasteiger partial charge in [-0.2, -0.15) is 0 Å². The number of hydrogen-bond acceptors (Lipinski definition) is 3. The van der Waals surface area contributed by atoms with E-state index in [1.165, 1.54) is 0 Å². The van der Waals surface area contributed by atoms with Crippen LogP contribution in [0, 0.1) is 17.8 Å². The van der Waals surface area contributed by atoms with Crippen molar-refractivity contribution < 1.29 is 4.79 Å². The standard InChI is InChI=1S/C15H29N3O/c1-7-15(8-2,9-3)17-13(19)10-18(6)12-14(4,5)11-16/h1H,8-12,16H2,2-6H3,(H,17,19). The van der Waals surface area contributed by atoms with Gasteiger partial charge in [-0.1, -0.05) is 33.6 Å². The van der Waals surface area contributed by atoms with Crippen LogP contribution in [0.25, 0.3) is 0 Å². The Bertz CT molecular complexity index is 327. The zero-order chi connectivity index (χ0) is 15.1. The SMILES string of the molecule is C#CC(CC)(CC)NC(=O)CN(C)CC(C)(C)CN. The van der Waals surface area contributed by atoms with Crippen molar-refractivity contribution in [3.05, 3.63) is 0 Å². The molecular weight excluding hydrogens is 238 g/mol. The zero-order valence-corrected chi connectivity index (χ0v) is 13.0. The van der Waals surface area contributed by atoms with Crippen LogP contribution in [-0.2, 0) is 4.79 Å². The highest BCUT2D eigenvalue weighted by atomic mass is 16.2. The minimum Gasteiger partial charge on any atom is -0.339 e. The lowest BCUT2D eigenvalue weighted by atomic mass is 9.93. The predicted octanol–water partition coefficient (Wildman–Crippen LogP) is 1.21. The topological polar surface area (TPSA) is 58.4 Å². The minimum absolute atomic E-state index is 0.00769. The summed E-state index contributed by atoms with van der Waals surface area (Å²) in [5, 5.41) is 2.97. The van der Waals surface area contributed by atoms with E-state index in [9.17, 15) is 4.79 Å². The summed E-state index contributed by atoms with van der Waals surface area (Å²) >= 11 is 0. The molecule has 0 saturated carbocycles. The molecule has 4 nitrogen and oxygen atoms in total. The first kappa shape index (κ1) is 17.9. The fourth-order valence-electron chi connectivity index (χ4n) is 2.07. The normalized spacial score (nSPS) is 12.3. The van der Waals surface area contributed by atoms with Gasteiger partial charge in [-0.3, -0.25) is 9.69 Å². The number of likely N-dealkylation sites (N-methyl/N-ethyl adjacent to an activating group) is 1. The third kappa shape index (κ3) is 6.09. The van der Waals surface area contributed by atoms with E-state index >= 15 is 0 Å². The summed E-state index contributed by atoms with van der Waals surface area (Å²) in [6.45, 7) is 9.87. The van der Waals surface area contributed by atoms with Crippen LogP contribution in [0.1, 0.15) is 40.5 Å². The highest BCUT2D eigenvalue weighted by Gasteiger charge is 2.26. The lowest BCUT2D eigenvalue weighted by Crippen LogP contribution is -2.50. The number of nitrogens with one attached hydrogen (secondary N) is 1. The van der Waals surface area contributed by atoms with Crippen LogP contribution in [0.2, 0.25) is 0 Å². The van der Waals surface area contributed by atoms with Gasteiger partial charge < -0.3 is 11.1 Å². The largest absolute Gasteiger partial charge is 0.339 e. The minimum atomic E-state index is -0.513. The first-order valence-electron chi connectivity index (χ1n) is 6.91. The summed E-state index contributed by atoms with van der Waals surface area (Å²) in [5.74, 6) is 2.68. The number of hydrogen-bond donors (Lipinski definition) is 2. The van der Waals surface area contributed by atoms with Crippen molar-refractivity contribution in [1.82, 2.24) is 10.2 Å². The van der Waals surface area contributed by atoms with E-state index in [1.54, 1.807) is 0 Å². The first-order valence-corrected chi connectivity index (χ1v) is 6.91. The van der Waals surface area contributed by atoms with Crippen LogP contribution in [0.4, 0.5) is 0 Å². The van der Waals surface area contributed by atoms with Crippen molar-refractivity contribution in [3.63, 3.8) is 0 Å². The molecule has 0 aliphatic carbocycles. The third-order valence-corrected chi connectivity index (χ3v) is 3.53. The van der Waals surface area contributed by atoms with Gasteiger partial charge in [0.05, 0.1) is 6.54 Å². The van der Waals surface area contributed by atoms with Gasteiger partial charge in [-0.05, 0) is 31.8 Å². The molecule has 0 rings (SSSR count). The molecule has 0 radical (unpaired) electrons. The maximum Gasteiger partial charge on any atom is 0.235 e. The summed E-state index contributed by atoms with van der Waals surface area (Å²) in [5.41, 5.74) is 5.19. The molecule has 0 aliphatic rings. The fourth-order valence-corrected chi connectivity index (χ4v) is 2.07. The highest BCUT2D eigenvalue weighted by Crippen LogP contribution is 2.15. The first-order chi connectivity index (χ1) is 8.74. The Morgan fingerprint density at radius 3 is 2.26 bits per heavy atom. The van der Waals surface area contributed by atoms with Crippen LogP contribution in [0.3, 0.4) is 0 Å². The quantitative estimate of drug-likeness (QED) is 0.650. The predicted molar refractivity (Wildman–Crippen MR) is 80.6 cm³/mol. The molecule has 3 N–H and O–H groups in total. The number of carbonyl (C=O) groups is 1. The number of amides is 1. The molecule has 19 heavy (non-hydrogen) atoms. The molecule has 0 heterocycles. The summed E-state index contributed by atoms with van der Waals surface area (Å²) < 4.78 is 0. The van der Waals surface area contributed by atoms with Crippen LogP contribution in [-0.4, -0.2) is 43.0 Å². The van der Waals surface area contributed by atoms with Gasteiger partial charge in [0.25, 0.3) is 0 Å². The van der Waals surface area contributed by atoms with Crippen molar-refractivity contribution in [2.75, 3.05) is 26.7 Å². The Balaban J connectivity index is 4.43. The molecule has 110 valence electrons. The molecule has 0 aliphatic heterocycles. The second-order valence-corrected chi connectivity index (χ2v) is 6.02. The molecule has 0 unspecified atom stereocenters. The number of nitrogens with two attached hydrogens (primary N) is 1. The van der Waals surface area contributed by atoms with Crippen molar-refractivity contribution in [2.45, 2.75) is 46.1 Å². The number of nitrogens with zero attached hydrogens (tertiary/aromatic N) is 1. The van der Waals surface area contributed by atoms with Gasteiger partial charge in [0.2, 0.25) is 5.91 Å². The maximum absolute atomic E-state index is 12.0. The zero-order valence-electron chi connectivity index (χ0n) is 13.0. The molecule has 0 aromatic heterocycles. The summed E-state index contributed by atoms with van der Waals surface area (Å²) in [4.78, 5) is 14.0. The van der Waals surface area contributed by atoms with E-state index in [0.717, 1.165) is 19.4 Å². The molecular formula is C15H29N3O. The van der Waals surface area contributed by atoms with Crippen molar-refractivity contribution in [3.8, 4) is 12.3 Å². The molecule has 0 fully saturated rings. The molecule has 4 heteroatoms. The third-order valence-electron chi connectivity index (χ3n) is 3.53. The van der Waals surface area contributed by atoms with Gasteiger partial charge >= 0.3 is 0 Å². The van der Waals surface area contributed by atoms with Crippen LogP contribution < -0.4 is 11.1 Å². The van der Waals surface area contributed by atoms with Gasteiger partial charge in [-0.15, -0.1) is 6.42 Å². The highest BCUT2D eigenvalue weighted by molar-refractivity contribution is 5.79. The Kier molecular flexibility index (Phi) is 7.10. The smallest absolute Gasteiger partial charge is 0.235 e. The van der Waals surface area contributed by atoms with Crippen LogP contribution in [0.5, 0.6) is 0 Å². The number of terminal acetylenes is 1. The van der Waals surface area contributed by atoms with E-state index < -0.39 is 5.54 Å². The fraction of sp³-hybridized carbons (Fsp3) is 0.800. The molecule has 0 bridgehead atoms. The van der Waals surface area contributed by atoms with Gasteiger partial charge in [0, 0.05) is 6.54 Å². The van der Waals surface area contributed by atoms with Gasteiger partial charge in [-0.25, -0.2) is 0 Å². The molecule has 0 saturated heterocycles. The van der Waals surface area contributed by atoms with Gasteiger partial charge in [0.1, 0.15) is 5.54 Å². The lowest BCUT2D eigenvalue weighted by Gasteiger charge is -2.31. The van der Waals surface area contributed by atoms with Gasteiger partial charge in [0.15, 0.2) is 0 Å². The average molecular weight is 267 g/mol. The van der Waals surface area contributed by atoms with E-state index in [0.29, 0.717) is 13.1 Å². The van der Waals surface area contributed by atoms with E-state index in [4.69, 9.17) is 12.2 Å². The number of rotatable bonds is 8. The summed E-state index contributed by atoms with van der Waals surface area (Å²) in [6.07, 6.45) is 7.02. The van der Waals surface area contributed by atoms with Crippen LogP contribution in [0.15, 0.2) is 0 Å². The Hall–Kier alpha value is -1.05. The Morgan fingerprint density at radius 1 is 1.37 bits per heavy atom. The monoisotopic (exact) mass is 267 g/mol. The van der Waals surface area contributed by atoms with Crippen LogP contribution >= 0.6 is 0 Å². The molecule has 0 aromatic carbocycles. The Labute approximate surface area is 118 Å². The van der Waals surface area contributed by atoms with Crippen molar-refractivity contribution in [2.24, 2.45) is 11.1 Å². The maximum atomic E-state index is 12.0. The lowest BCUT2D eigenvalue weighted by molar-refractivity contribution is -0.123. The second kappa shape index (κ2) is 7.52. The summed E-state index contributed by atoms with van der Waals surface area (Å²) in [7, 11) is 1.92. The number of carbonyl (C=O) groups excluding carboxylic acids is 1. The summed E-state index contributed by atoms with van der Waals surface area (Å²) in [6, 6.07) is 0. The Morgan fingerprint density at radius 2 is 1.89 bits per heavy atom. The van der Waals surface area contributed by atoms with Crippen molar-refractivity contribution >= 4 is 5.91 Å².